The van der Waals surface area contributed by atoms with Crippen molar-refractivity contribution in [2.75, 3.05) is 0 Å². The SMILES string of the molecule is Cc1nc(-c2ccc(C#N)cc2)co1. The molecule has 0 bridgehead atoms. The van der Waals surface area contributed by atoms with Crippen molar-refractivity contribution in [3.05, 3.63) is 42.0 Å². The molecule has 0 aliphatic carbocycles. The maximum Gasteiger partial charge on any atom is 0.191 e. The molecule has 0 radical (unpaired) electrons. The van der Waals surface area contributed by atoms with Gasteiger partial charge in [0.1, 0.15) is 12.0 Å². The highest BCUT2D eigenvalue weighted by Gasteiger charge is 2.02. The van der Waals surface area contributed by atoms with E-state index in [2.05, 4.69) is 11.1 Å². The molecule has 1 aromatic carbocycles. The van der Waals surface area contributed by atoms with Crippen LogP contribution in [0.5, 0.6) is 0 Å². The Labute approximate surface area is 81.6 Å². The van der Waals surface area contributed by atoms with Crippen molar-refractivity contribution in [1.29, 1.82) is 5.26 Å². The Bertz CT molecular complexity index is 477. The van der Waals surface area contributed by atoms with Gasteiger partial charge in [-0.3, -0.25) is 0 Å². The van der Waals surface area contributed by atoms with E-state index in [9.17, 15) is 0 Å². The summed E-state index contributed by atoms with van der Waals surface area (Å²) in [5.74, 6) is 0.643. The summed E-state index contributed by atoms with van der Waals surface area (Å²) in [4.78, 5) is 4.19. The zero-order valence-corrected chi connectivity index (χ0v) is 7.69. The van der Waals surface area contributed by atoms with Crippen LogP contribution in [0.3, 0.4) is 0 Å². The van der Waals surface area contributed by atoms with Crippen LogP contribution in [0.1, 0.15) is 11.5 Å². The second-order valence-electron chi connectivity index (χ2n) is 2.94. The van der Waals surface area contributed by atoms with Gasteiger partial charge in [0.2, 0.25) is 0 Å². The van der Waals surface area contributed by atoms with Crippen molar-refractivity contribution in [1.82, 2.24) is 4.98 Å². The van der Waals surface area contributed by atoms with Crippen molar-refractivity contribution in [3.63, 3.8) is 0 Å². The molecule has 68 valence electrons. The molecule has 0 amide bonds. The second kappa shape index (κ2) is 3.35. The summed E-state index contributed by atoms with van der Waals surface area (Å²) < 4.78 is 5.10. The maximum atomic E-state index is 8.62. The lowest BCUT2D eigenvalue weighted by Crippen LogP contribution is -1.79. The second-order valence-corrected chi connectivity index (χ2v) is 2.94. The van der Waals surface area contributed by atoms with Gasteiger partial charge in [-0.25, -0.2) is 4.98 Å². The van der Waals surface area contributed by atoms with Gasteiger partial charge in [-0.05, 0) is 12.1 Å². The third-order valence-corrected chi connectivity index (χ3v) is 1.93. The third kappa shape index (κ3) is 1.50. The molecule has 0 spiro atoms. The molecule has 1 heterocycles. The van der Waals surface area contributed by atoms with Crippen LogP contribution in [-0.2, 0) is 0 Å². The maximum absolute atomic E-state index is 8.62. The first-order chi connectivity index (χ1) is 6.79. The Morgan fingerprint density at radius 2 is 2.00 bits per heavy atom. The first-order valence-corrected chi connectivity index (χ1v) is 4.22. The number of benzene rings is 1. The molecule has 0 saturated carbocycles. The van der Waals surface area contributed by atoms with Gasteiger partial charge >= 0.3 is 0 Å². The molecule has 0 aliphatic rings. The van der Waals surface area contributed by atoms with Gasteiger partial charge in [0.25, 0.3) is 0 Å². The van der Waals surface area contributed by atoms with E-state index < -0.39 is 0 Å². The summed E-state index contributed by atoms with van der Waals surface area (Å²) in [6.45, 7) is 1.80. The molecular weight excluding hydrogens is 176 g/mol. The fourth-order valence-corrected chi connectivity index (χ4v) is 1.21. The molecule has 0 saturated heterocycles. The summed E-state index contributed by atoms with van der Waals surface area (Å²) >= 11 is 0. The predicted molar refractivity (Wildman–Crippen MR) is 51.4 cm³/mol. The minimum atomic E-state index is 0.643. The Balaban J connectivity index is 2.39. The van der Waals surface area contributed by atoms with E-state index in [1.807, 2.05) is 12.1 Å². The van der Waals surface area contributed by atoms with Crippen LogP contribution in [0.15, 0.2) is 34.9 Å². The third-order valence-electron chi connectivity index (χ3n) is 1.93. The molecule has 0 atom stereocenters. The van der Waals surface area contributed by atoms with Crippen LogP contribution >= 0.6 is 0 Å². The molecule has 1 aromatic heterocycles. The normalized spacial score (nSPS) is 9.71. The summed E-state index contributed by atoms with van der Waals surface area (Å²) in [7, 11) is 0. The van der Waals surface area contributed by atoms with Crippen molar-refractivity contribution in [2.45, 2.75) is 6.92 Å². The molecule has 2 rings (SSSR count). The Kier molecular flexibility index (Phi) is 2.04. The number of nitrogens with zero attached hydrogens (tertiary/aromatic N) is 2. The van der Waals surface area contributed by atoms with Gasteiger partial charge in [-0.1, -0.05) is 12.1 Å². The molecule has 0 fully saturated rings. The van der Waals surface area contributed by atoms with E-state index in [1.165, 1.54) is 0 Å². The van der Waals surface area contributed by atoms with Crippen LogP contribution in [0, 0.1) is 18.3 Å². The van der Waals surface area contributed by atoms with Crippen LogP contribution in [-0.4, -0.2) is 4.98 Å². The standard InChI is InChI=1S/C11H8N2O/c1-8-13-11(7-14-8)10-4-2-9(6-12)3-5-10/h2-5,7H,1H3. The first kappa shape index (κ1) is 8.52. The van der Waals surface area contributed by atoms with Crippen LogP contribution in [0.4, 0.5) is 0 Å². The van der Waals surface area contributed by atoms with Crippen molar-refractivity contribution < 1.29 is 4.42 Å². The number of rotatable bonds is 1. The summed E-state index contributed by atoms with van der Waals surface area (Å²) in [5, 5.41) is 8.62. The lowest BCUT2D eigenvalue weighted by Gasteiger charge is -1.94. The first-order valence-electron chi connectivity index (χ1n) is 4.22. The van der Waals surface area contributed by atoms with E-state index in [0.29, 0.717) is 11.5 Å². The molecule has 0 N–H and O–H groups in total. The average Bonchev–Trinajstić information content (AvgIpc) is 2.65. The minimum absolute atomic E-state index is 0.643. The minimum Gasteiger partial charge on any atom is -0.449 e. The zero-order chi connectivity index (χ0) is 9.97. The van der Waals surface area contributed by atoms with E-state index in [4.69, 9.17) is 9.68 Å². The molecule has 0 unspecified atom stereocenters. The van der Waals surface area contributed by atoms with Crippen LogP contribution in [0.25, 0.3) is 11.3 Å². The largest absolute Gasteiger partial charge is 0.449 e. The molecule has 0 aliphatic heterocycles. The van der Waals surface area contributed by atoms with E-state index in [1.54, 1.807) is 25.3 Å². The highest BCUT2D eigenvalue weighted by atomic mass is 16.3. The van der Waals surface area contributed by atoms with Gasteiger partial charge in [-0.15, -0.1) is 0 Å². The predicted octanol–water partition coefficient (Wildman–Crippen LogP) is 2.52. The van der Waals surface area contributed by atoms with Crippen molar-refractivity contribution >= 4 is 0 Å². The molecule has 3 heteroatoms. The van der Waals surface area contributed by atoms with Crippen LogP contribution in [0.2, 0.25) is 0 Å². The molecule has 14 heavy (non-hydrogen) atoms. The molecular formula is C11H8N2O. The average molecular weight is 184 g/mol. The van der Waals surface area contributed by atoms with Gasteiger partial charge in [0, 0.05) is 12.5 Å². The summed E-state index contributed by atoms with van der Waals surface area (Å²) in [6.07, 6.45) is 1.61. The Hall–Kier alpha value is -2.08. The number of nitriles is 1. The summed E-state index contributed by atoms with van der Waals surface area (Å²) in [5.41, 5.74) is 2.40. The van der Waals surface area contributed by atoms with E-state index in [-0.39, 0.29) is 0 Å². The fraction of sp³-hybridized carbons (Fsp3) is 0.0909. The fourth-order valence-electron chi connectivity index (χ4n) is 1.21. The highest BCUT2D eigenvalue weighted by Crippen LogP contribution is 2.18. The number of hydrogen-bond acceptors (Lipinski definition) is 3. The van der Waals surface area contributed by atoms with Gasteiger partial charge < -0.3 is 4.42 Å². The Morgan fingerprint density at radius 1 is 1.29 bits per heavy atom. The van der Waals surface area contributed by atoms with Gasteiger partial charge in [0.15, 0.2) is 5.89 Å². The van der Waals surface area contributed by atoms with Crippen LogP contribution < -0.4 is 0 Å². The quantitative estimate of drug-likeness (QED) is 0.684. The summed E-state index contributed by atoms with van der Waals surface area (Å²) in [6, 6.07) is 9.31. The van der Waals surface area contributed by atoms with Crippen molar-refractivity contribution in [2.24, 2.45) is 0 Å². The molecule has 3 nitrogen and oxygen atoms in total. The topological polar surface area (TPSA) is 49.8 Å². The van der Waals surface area contributed by atoms with E-state index in [0.717, 1.165) is 11.3 Å². The van der Waals surface area contributed by atoms with Crippen molar-refractivity contribution in [3.8, 4) is 17.3 Å². The number of hydrogen-bond donors (Lipinski definition) is 0. The smallest absolute Gasteiger partial charge is 0.191 e. The number of aryl methyl sites for hydroxylation is 1. The lowest BCUT2D eigenvalue weighted by atomic mass is 10.1. The number of oxazole rings is 1. The van der Waals surface area contributed by atoms with Gasteiger partial charge in [0.05, 0.1) is 11.6 Å². The van der Waals surface area contributed by atoms with E-state index >= 15 is 0 Å². The highest BCUT2D eigenvalue weighted by molar-refractivity contribution is 5.58. The zero-order valence-electron chi connectivity index (χ0n) is 7.69. The lowest BCUT2D eigenvalue weighted by molar-refractivity contribution is 0.521. The Morgan fingerprint density at radius 3 is 2.50 bits per heavy atom. The number of aromatic nitrogens is 1. The monoisotopic (exact) mass is 184 g/mol. The van der Waals surface area contributed by atoms with Gasteiger partial charge in [-0.2, -0.15) is 5.26 Å². The molecule has 2 aromatic rings.